The maximum atomic E-state index is 6.23. The minimum Gasteiger partial charge on any atom is -0.486 e. The number of ether oxygens (including phenoxy) is 1. The van der Waals surface area contributed by atoms with Crippen molar-refractivity contribution in [3.8, 4) is 5.75 Å². The number of aromatic nitrogens is 1. The molecule has 4 heteroatoms. The van der Waals surface area contributed by atoms with E-state index in [2.05, 4.69) is 4.98 Å². The number of nitrogens with zero attached hydrogens (tertiary/aromatic N) is 1. The summed E-state index contributed by atoms with van der Waals surface area (Å²) in [4.78, 5) is 4.30. The molecule has 0 aliphatic carbocycles. The molecule has 2 N–H and O–H groups in total. The molecule has 1 aromatic carbocycles. The van der Waals surface area contributed by atoms with Crippen LogP contribution in [0.25, 0.3) is 0 Å². The Labute approximate surface area is 124 Å². The quantitative estimate of drug-likeness (QED) is 0.916. The molecule has 3 nitrogen and oxygen atoms in total. The van der Waals surface area contributed by atoms with E-state index >= 15 is 0 Å². The van der Waals surface area contributed by atoms with Gasteiger partial charge in [-0.1, -0.05) is 23.7 Å². The van der Waals surface area contributed by atoms with Crippen molar-refractivity contribution in [1.82, 2.24) is 4.98 Å². The molecule has 106 valence electrons. The van der Waals surface area contributed by atoms with Gasteiger partial charge in [0.15, 0.2) is 0 Å². The number of hydrogen-bond donors (Lipinski definition) is 1. The lowest BCUT2D eigenvalue weighted by Gasteiger charge is -2.11. The first kappa shape index (κ1) is 14.8. The average Bonchev–Trinajstić information content (AvgIpc) is 2.39. The molecule has 0 radical (unpaired) electrons. The molecule has 1 atom stereocenters. The van der Waals surface area contributed by atoms with Crippen molar-refractivity contribution in [2.24, 2.45) is 5.73 Å². The molecule has 0 aliphatic heterocycles. The van der Waals surface area contributed by atoms with Crippen LogP contribution >= 0.6 is 11.6 Å². The summed E-state index contributed by atoms with van der Waals surface area (Å²) in [7, 11) is 0. The molecule has 0 bridgehead atoms. The smallest absolute Gasteiger partial charge is 0.138 e. The minimum absolute atomic E-state index is 0.119. The van der Waals surface area contributed by atoms with Crippen LogP contribution in [0.5, 0.6) is 5.75 Å². The zero-order valence-electron chi connectivity index (χ0n) is 11.8. The highest BCUT2D eigenvalue weighted by molar-refractivity contribution is 6.32. The second kappa shape index (κ2) is 6.73. The Balaban J connectivity index is 2.05. The minimum atomic E-state index is 0.119. The van der Waals surface area contributed by atoms with Crippen LogP contribution in [-0.2, 0) is 13.0 Å². The van der Waals surface area contributed by atoms with Crippen LogP contribution in [-0.4, -0.2) is 11.0 Å². The molecule has 0 fully saturated rings. The fourth-order valence-electron chi connectivity index (χ4n) is 1.98. The Bertz CT molecular complexity index is 584. The van der Waals surface area contributed by atoms with Crippen LogP contribution in [0.2, 0.25) is 5.02 Å². The summed E-state index contributed by atoms with van der Waals surface area (Å²) < 4.78 is 5.74. The molecule has 1 heterocycles. The number of rotatable bonds is 5. The van der Waals surface area contributed by atoms with Gasteiger partial charge in [0.05, 0.1) is 10.7 Å². The van der Waals surface area contributed by atoms with Crippen LogP contribution in [0, 0.1) is 6.92 Å². The van der Waals surface area contributed by atoms with Crippen molar-refractivity contribution in [1.29, 1.82) is 0 Å². The molecule has 2 aromatic rings. The maximum absolute atomic E-state index is 6.23. The molecule has 2 rings (SSSR count). The van der Waals surface area contributed by atoms with Crippen molar-refractivity contribution >= 4 is 11.6 Å². The van der Waals surface area contributed by atoms with Crippen LogP contribution in [0.1, 0.15) is 23.7 Å². The summed E-state index contributed by atoms with van der Waals surface area (Å²) in [6.07, 6.45) is 2.57. The largest absolute Gasteiger partial charge is 0.486 e. The summed E-state index contributed by atoms with van der Waals surface area (Å²) in [5.74, 6) is 0.671. The second-order valence-electron chi connectivity index (χ2n) is 5.00. The van der Waals surface area contributed by atoms with E-state index in [0.717, 1.165) is 23.2 Å². The van der Waals surface area contributed by atoms with Crippen molar-refractivity contribution in [3.05, 3.63) is 58.4 Å². The Morgan fingerprint density at radius 2 is 2.15 bits per heavy atom. The van der Waals surface area contributed by atoms with E-state index in [-0.39, 0.29) is 6.04 Å². The third-order valence-corrected chi connectivity index (χ3v) is 3.33. The third-order valence-electron chi connectivity index (χ3n) is 3.04. The zero-order chi connectivity index (χ0) is 14.5. The Morgan fingerprint density at radius 1 is 1.35 bits per heavy atom. The standard InChI is InChI=1S/C16H19ClN2O/c1-11-4-3-7-19-15(11)10-20-16-6-5-13(8-12(2)18)9-14(16)17/h3-7,9,12H,8,10,18H2,1-2H3. The van der Waals surface area contributed by atoms with E-state index in [9.17, 15) is 0 Å². The normalized spacial score (nSPS) is 12.2. The van der Waals surface area contributed by atoms with Gasteiger partial charge in [0.25, 0.3) is 0 Å². The molecule has 0 saturated carbocycles. The molecular weight excluding hydrogens is 272 g/mol. The number of pyridine rings is 1. The van der Waals surface area contributed by atoms with Crippen molar-refractivity contribution < 1.29 is 4.74 Å². The van der Waals surface area contributed by atoms with Gasteiger partial charge in [-0.15, -0.1) is 0 Å². The number of benzene rings is 1. The predicted molar refractivity (Wildman–Crippen MR) is 82.1 cm³/mol. The first-order valence-corrected chi connectivity index (χ1v) is 7.01. The maximum Gasteiger partial charge on any atom is 0.138 e. The van der Waals surface area contributed by atoms with E-state index in [0.29, 0.717) is 17.4 Å². The van der Waals surface area contributed by atoms with Crippen LogP contribution in [0.3, 0.4) is 0 Å². The molecule has 0 saturated heterocycles. The number of aryl methyl sites for hydroxylation is 1. The zero-order valence-corrected chi connectivity index (χ0v) is 12.5. The molecule has 0 amide bonds. The fraction of sp³-hybridized carbons (Fsp3) is 0.312. The van der Waals surface area contributed by atoms with Gasteiger partial charge in [0.1, 0.15) is 12.4 Å². The Morgan fingerprint density at radius 3 is 2.80 bits per heavy atom. The number of halogens is 1. The summed E-state index contributed by atoms with van der Waals surface area (Å²) in [5, 5.41) is 0.608. The summed E-state index contributed by atoms with van der Waals surface area (Å²) in [6, 6.07) is 9.84. The van der Waals surface area contributed by atoms with E-state index in [1.54, 1.807) is 6.20 Å². The lowest BCUT2D eigenvalue weighted by molar-refractivity contribution is 0.300. The summed E-state index contributed by atoms with van der Waals surface area (Å²) in [5.41, 5.74) is 8.93. The third kappa shape index (κ3) is 3.95. The topological polar surface area (TPSA) is 48.1 Å². The first-order chi connectivity index (χ1) is 9.56. The molecule has 0 spiro atoms. The van der Waals surface area contributed by atoms with Crippen molar-refractivity contribution in [3.63, 3.8) is 0 Å². The number of nitrogens with two attached hydrogens (primary N) is 1. The lowest BCUT2D eigenvalue weighted by atomic mass is 10.1. The van der Waals surface area contributed by atoms with Crippen LogP contribution < -0.4 is 10.5 Å². The van der Waals surface area contributed by atoms with Crippen molar-refractivity contribution in [2.45, 2.75) is 32.9 Å². The van der Waals surface area contributed by atoms with Gasteiger partial charge in [-0.3, -0.25) is 4.98 Å². The highest BCUT2D eigenvalue weighted by Gasteiger charge is 2.06. The van der Waals surface area contributed by atoms with Gasteiger partial charge >= 0.3 is 0 Å². The average molecular weight is 291 g/mol. The molecule has 1 aromatic heterocycles. The first-order valence-electron chi connectivity index (χ1n) is 6.63. The molecule has 0 aliphatic rings. The molecule has 1 unspecified atom stereocenters. The van der Waals surface area contributed by atoms with E-state index < -0.39 is 0 Å². The van der Waals surface area contributed by atoms with Gasteiger partial charge in [-0.05, 0) is 49.6 Å². The summed E-state index contributed by atoms with van der Waals surface area (Å²) >= 11 is 6.23. The van der Waals surface area contributed by atoms with Crippen molar-refractivity contribution in [2.75, 3.05) is 0 Å². The summed E-state index contributed by atoms with van der Waals surface area (Å²) in [6.45, 7) is 4.40. The van der Waals surface area contributed by atoms with Crippen LogP contribution in [0.4, 0.5) is 0 Å². The predicted octanol–water partition coefficient (Wildman–Crippen LogP) is 3.51. The van der Waals surface area contributed by atoms with Gasteiger partial charge in [-0.25, -0.2) is 0 Å². The van der Waals surface area contributed by atoms with Crippen LogP contribution in [0.15, 0.2) is 36.5 Å². The fourth-order valence-corrected chi connectivity index (χ4v) is 2.23. The lowest BCUT2D eigenvalue weighted by Crippen LogP contribution is -2.17. The number of hydrogen-bond acceptors (Lipinski definition) is 3. The van der Waals surface area contributed by atoms with Gasteiger partial charge in [0, 0.05) is 12.2 Å². The monoisotopic (exact) mass is 290 g/mol. The Hall–Kier alpha value is -1.58. The highest BCUT2D eigenvalue weighted by Crippen LogP contribution is 2.26. The second-order valence-corrected chi connectivity index (χ2v) is 5.41. The van der Waals surface area contributed by atoms with E-state index in [1.807, 2.05) is 44.2 Å². The molecule has 20 heavy (non-hydrogen) atoms. The van der Waals surface area contributed by atoms with Gasteiger partial charge in [-0.2, -0.15) is 0 Å². The van der Waals surface area contributed by atoms with Gasteiger partial charge in [0.2, 0.25) is 0 Å². The van der Waals surface area contributed by atoms with E-state index in [4.69, 9.17) is 22.1 Å². The van der Waals surface area contributed by atoms with E-state index in [1.165, 1.54) is 0 Å². The SMILES string of the molecule is Cc1cccnc1COc1ccc(CC(C)N)cc1Cl. The Kier molecular flexibility index (Phi) is 4.99. The molecular formula is C16H19ClN2O. The van der Waals surface area contributed by atoms with Gasteiger partial charge < -0.3 is 10.5 Å². The highest BCUT2D eigenvalue weighted by atomic mass is 35.5.